The highest BCUT2D eigenvalue weighted by Gasteiger charge is 2.11. The van der Waals surface area contributed by atoms with Gasteiger partial charge >= 0.3 is 0 Å². The van der Waals surface area contributed by atoms with Gasteiger partial charge in [-0.25, -0.2) is 4.98 Å². The molecule has 2 N–H and O–H groups in total. The molecule has 2 aromatic rings. The van der Waals surface area contributed by atoms with Gasteiger partial charge in [-0.3, -0.25) is 0 Å². The molecule has 0 aromatic carbocycles. The quantitative estimate of drug-likeness (QED) is 0.775. The molecule has 0 fully saturated rings. The fourth-order valence-corrected chi connectivity index (χ4v) is 1.68. The van der Waals surface area contributed by atoms with Gasteiger partial charge in [0.2, 0.25) is 5.89 Å². The lowest BCUT2D eigenvalue weighted by Gasteiger charge is -2.00. The third kappa shape index (κ3) is 1.13. The smallest absolute Gasteiger partial charge is 0.212 e. The van der Waals surface area contributed by atoms with Gasteiger partial charge < -0.3 is 10.2 Å². The van der Waals surface area contributed by atoms with E-state index >= 15 is 0 Å². The molecular formula is C8H10N2OS. The lowest BCUT2D eigenvalue weighted by atomic mass is 10.2. The van der Waals surface area contributed by atoms with Crippen molar-refractivity contribution in [2.75, 3.05) is 0 Å². The molecule has 0 aliphatic heterocycles. The number of fused-ring (bicyclic) bond motifs is 1. The van der Waals surface area contributed by atoms with Gasteiger partial charge in [0.25, 0.3) is 0 Å². The topological polar surface area (TPSA) is 52.0 Å². The molecule has 0 aliphatic rings. The van der Waals surface area contributed by atoms with E-state index in [2.05, 4.69) is 4.98 Å². The first-order valence-corrected chi connectivity index (χ1v) is 4.83. The van der Waals surface area contributed by atoms with Gasteiger partial charge in [-0.2, -0.15) is 0 Å². The van der Waals surface area contributed by atoms with E-state index in [1.54, 1.807) is 11.3 Å². The fourth-order valence-electron chi connectivity index (χ4n) is 1.02. The molecule has 0 saturated heterocycles. The van der Waals surface area contributed by atoms with E-state index in [0.29, 0.717) is 5.89 Å². The zero-order chi connectivity index (χ0) is 8.55. The maximum absolute atomic E-state index is 5.76. The second-order valence-electron chi connectivity index (χ2n) is 2.69. The minimum absolute atomic E-state index is 0.0672. The van der Waals surface area contributed by atoms with E-state index in [4.69, 9.17) is 10.2 Å². The van der Waals surface area contributed by atoms with Gasteiger partial charge in [-0.1, -0.05) is 6.92 Å². The molecule has 64 valence electrons. The normalized spacial score (nSPS) is 13.8. The molecule has 12 heavy (non-hydrogen) atoms. The molecule has 0 spiro atoms. The standard InChI is InChI=1S/C8H10N2OS/c1-2-5(9)8-10-6-3-12-4-7(6)11-8/h3-5H,2,9H2,1H3. The lowest BCUT2D eigenvalue weighted by molar-refractivity contribution is 0.469. The van der Waals surface area contributed by atoms with Crippen LogP contribution in [0.2, 0.25) is 0 Å². The first kappa shape index (κ1) is 7.76. The summed E-state index contributed by atoms with van der Waals surface area (Å²) in [5.74, 6) is 0.648. The van der Waals surface area contributed by atoms with Crippen LogP contribution in [0.4, 0.5) is 0 Å². The van der Waals surface area contributed by atoms with E-state index < -0.39 is 0 Å². The Kier molecular flexibility index (Phi) is 1.86. The molecule has 1 unspecified atom stereocenters. The fraction of sp³-hybridized carbons (Fsp3) is 0.375. The number of oxazole rings is 1. The van der Waals surface area contributed by atoms with Crippen LogP contribution < -0.4 is 5.73 Å². The van der Waals surface area contributed by atoms with Crippen LogP contribution >= 0.6 is 11.3 Å². The van der Waals surface area contributed by atoms with Gasteiger partial charge in [-0.15, -0.1) is 11.3 Å². The summed E-state index contributed by atoms with van der Waals surface area (Å²) in [6.07, 6.45) is 0.854. The van der Waals surface area contributed by atoms with Crippen molar-refractivity contribution in [3.05, 3.63) is 16.7 Å². The average Bonchev–Trinajstić information content (AvgIpc) is 2.60. The molecule has 2 rings (SSSR count). The zero-order valence-corrected chi connectivity index (χ0v) is 7.60. The van der Waals surface area contributed by atoms with Crippen molar-refractivity contribution in [3.8, 4) is 0 Å². The lowest BCUT2D eigenvalue weighted by Crippen LogP contribution is -2.08. The maximum atomic E-state index is 5.76. The van der Waals surface area contributed by atoms with Crippen LogP contribution in [0.15, 0.2) is 15.2 Å². The first-order chi connectivity index (χ1) is 5.81. The summed E-state index contributed by atoms with van der Waals surface area (Å²) in [7, 11) is 0. The third-order valence-electron chi connectivity index (χ3n) is 1.81. The average molecular weight is 182 g/mol. The van der Waals surface area contributed by atoms with E-state index in [1.807, 2.05) is 17.7 Å². The van der Waals surface area contributed by atoms with Crippen molar-refractivity contribution < 1.29 is 4.42 Å². The minimum Gasteiger partial charge on any atom is -0.438 e. The van der Waals surface area contributed by atoms with Crippen LogP contribution in [0.5, 0.6) is 0 Å². The molecule has 0 amide bonds. The molecule has 1 atom stereocenters. The van der Waals surface area contributed by atoms with Crippen molar-refractivity contribution in [3.63, 3.8) is 0 Å². The maximum Gasteiger partial charge on any atom is 0.212 e. The molecule has 0 saturated carbocycles. The predicted octanol–water partition coefficient (Wildman–Crippen LogP) is 2.30. The molecule has 2 heterocycles. The molecule has 3 nitrogen and oxygen atoms in total. The second-order valence-corrected chi connectivity index (χ2v) is 3.43. The highest BCUT2D eigenvalue weighted by atomic mass is 32.1. The van der Waals surface area contributed by atoms with Crippen molar-refractivity contribution in [1.29, 1.82) is 0 Å². The summed E-state index contributed by atoms with van der Waals surface area (Å²) < 4.78 is 5.44. The van der Waals surface area contributed by atoms with Crippen LogP contribution in [0.1, 0.15) is 25.3 Å². The Bertz CT molecular complexity index is 350. The first-order valence-electron chi connectivity index (χ1n) is 3.89. The Morgan fingerprint density at radius 3 is 3.17 bits per heavy atom. The van der Waals surface area contributed by atoms with Crippen molar-refractivity contribution in [1.82, 2.24) is 4.98 Å². The minimum atomic E-state index is -0.0672. The van der Waals surface area contributed by atoms with E-state index in [9.17, 15) is 0 Å². The van der Waals surface area contributed by atoms with Gasteiger partial charge in [-0.05, 0) is 6.42 Å². The van der Waals surface area contributed by atoms with Crippen LogP contribution in [0.3, 0.4) is 0 Å². The summed E-state index contributed by atoms with van der Waals surface area (Å²) in [6, 6.07) is -0.0672. The Morgan fingerprint density at radius 2 is 2.50 bits per heavy atom. The van der Waals surface area contributed by atoms with Crippen LogP contribution in [-0.4, -0.2) is 4.98 Å². The van der Waals surface area contributed by atoms with Crippen molar-refractivity contribution >= 4 is 22.4 Å². The number of thiophene rings is 1. The van der Waals surface area contributed by atoms with E-state index in [-0.39, 0.29) is 6.04 Å². The Balaban J connectivity index is 2.44. The van der Waals surface area contributed by atoms with Crippen LogP contribution in [0, 0.1) is 0 Å². The highest BCUT2D eigenvalue weighted by Crippen LogP contribution is 2.23. The zero-order valence-electron chi connectivity index (χ0n) is 6.78. The predicted molar refractivity (Wildman–Crippen MR) is 49.1 cm³/mol. The van der Waals surface area contributed by atoms with Gasteiger partial charge in [0.1, 0.15) is 5.52 Å². The van der Waals surface area contributed by atoms with Crippen LogP contribution in [-0.2, 0) is 0 Å². The molecule has 2 aromatic heterocycles. The Hall–Kier alpha value is -0.870. The van der Waals surface area contributed by atoms with E-state index in [0.717, 1.165) is 17.5 Å². The summed E-state index contributed by atoms with van der Waals surface area (Å²) in [6.45, 7) is 2.02. The largest absolute Gasteiger partial charge is 0.438 e. The highest BCUT2D eigenvalue weighted by molar-refractivity contribution is 7.09. The summed E-state index contributed by atoms with van der Waals surface area (Å²) >= 11 is 1.59. The number of aromatic nitrogens is 1. The Morgan fingerprint density at radius 1 is 1.67 bits per heavy atom. The second kappa shape index (κ2) is 2.88. The Labute approximate surface area is 74.2 Å². The SMILES string of the molecule is CCC(N)c1nc2cscc2o1. The summed E-state index contributed by atoms with van der Waals surface area (Å²) in [5, 5.41) is 3.90. The van der Waals surface area contributed by atoms with Gasteiger partial charge in [0, 0.05) is 10.8 Å². The van der Waals surface area contributed by atoms with Gasteiger partial charge in [0.15, 0.2) is 5.58 Å². The number of nitrogens with two attached hydrogens (primary N) is 1. The van der Waals surface area contributed by atoms with Crippen molar-refractivity contribution in [2.24, 2.45) is 5.73 Å². The molecule has 0 radical (unpaired) electrons. The molecule has 0 bridgehead atoms. The van der Waals surface area contributed by atoms with Crippen LogP contribution in [0.25, 0.3) is 11.1 Å². The molecule has 4 heteroatoms. The number of nitrogens with zero attached hydrogens (tertiary/aromatic N) is 1. The molecular weight excluding hydrogens is 172 g/mol. The third-order valence-corrected chi connectivity index (χ3v) is 2.52. The monoisotopic (exact) mass is 182 g/mol. The van der Waals surface area contributed by atoms with Gasteiger partial charge in [0.05, 0.1) is 6.04 Å². The summed E-state index contributed by atoms with van der Waals surface area (Å²) in [4.78, 5) is 4.26. The number of rotatable bonds is 2. The number of hydrogen-bond donors (Lipinski definition) is 1. The molecule has 0 aliphatic carbocycles. The summed E-state index contributed by atoms with van der Waals surface area (Å²) in [5.41, 5.74) is 7.53. The van der Waals surface area contributed by atoms with E-state index in [1.165, 1.54) is 0 Å². The number of hydrogen-bond acceptors (Lipinski definition) is 4. The van der Waals surface area contributed by atoms with Crippen molar-refractivity contribution in [2.45, 2.75) is 19.4 Å².